The molecule has 1 heterocycles. The van der Waals surface area contributed by atoms with E-state index in [0.29, 0.717) is 0 Å². The predicted octanol–water partition coefficient (Wildman–Crippen LogP) is 2.43. The maximum Gasteiger partial charge on any atom is 0.119 e. The van der Waals surface area contributed by atoms with Crippen molar-refractivity contribution in [3.8, 4) is 5.75 Å². The molecule has 0 aliphatic heterocycles. The Labute approximate surface area is 113 Å². The van der Waals surface area contributed by atoms with Crippen molar-refractivity contribution in [3.05, 3.63) is 59.4 Å². The quantitative estimate of drug-likeness (QED) is 0.915. The molecular weight excluding hydrogens is 236 g/mol. The Kier molecular flexibility index (Phi) is 2.99. The largest absolute Gasteiger partial charge is 0.497 e. The van der Waals surface area contributed by atoms with Crippen molar-refractivity contribution in [2.24, 2.45) is 5.73 Å². The van der Waals surface area contributed by atoms with Crippen LogP contribution in [0.15, 0.2) is 42.7 Å². The number of benzene rings is 1. The van der Waals surface area contributed by atoms with Crippen LogP contribution in [0.5, 0.6) is 5.75 Å². The first-order valence-corrected chi connectivity index (χ1v) is 6.56. The number of rotatable bonds is 3. The minimum Gasteiger partial charge on any atom is -0.497 e. The summed E-state index contributed by atoms with van der Waals surface area (Å²) >= 11 is 0. The first-order valence-electron chi connectivity index (χ1n) is 6.56. The van der Waals surface area contributed by atoms with E-state index >= 15 is 0 Å². The molecule has 3 nitrogen and oxygen atoms in total. The number of aromatic nitrogens is 1. The molecule has 1 aromatic carbocycles. The van der Waals surface area contributed by atoms with Crippen molar-refractivity contribution >= 4 is 0 Å². The van der Waals surface area contributed by atoms with Crippen LogP contribution in [0.3, 0.4) is 0 Å². The van der Waals surface area contributed by atoms with Crippen LogP contribution in [0, 0.1) is 0 Å². The second-order valence-corrected chi connectivity index (χ2v) is 5.21. The molecule has 2 N–H and O–H groups in total. The Balaban J connectivity index is 1.95. The summed E-state index contributed by atoms with van der Waals surface area (Å²) in [6.07, 6.45) is 6.51. The highest BCUT2D eigenvalue weighted by atomic mass is 16.5. The molecule has 2 aromatic rings. The first-order chi connectivity index (χ1) is 9.21. The van der Waals surface area contributed by atoms with Gasteiger partial charge in [-0.3, -0.25) is 4.98 Å². The molecule has 1 atom stereocenters. The van der Waals surface area contributed by atoms with E-state index < -0.39 is 0 Å². The van der Waals surface area contributed by atoms with E-state index in [1.54, 1.807) is 7.11 Å². The smallest absolute Gasteiger partial charge is 0.119 e. The lowest BCUT2D eigenvalue weighted by atomic mass is 9.86. The van der Waals surface area contributed by atoms with Gasteiger partial charge in [0.1, 0.15) is 5.75 Å². The van der Waals surface area contributed by atoms with Crippen LogP contribution in [0.2, 0.25) is 0 Å². The number of aryl methyl sites for hydroxylation is 1. The summed E-state index contributed by atoms with van der Waals surface area (Å²) in [4.78, 5) is 4.05. The van der Waals surface area contributed by atoms with Gasteiger partial charge in [0, 0.05) is 17.9 Å². The van der Waals surface area contributed by atoms with Crippen molar-refractivity contribution in [1.29, 1.82) is 0 Å². The standard InChI is InChI=1S/C16H18N2O/c1-19-14-3-2-13-4-7-16(17,15(13)10-14)11-12-5-8-18-9-6-12/h2-3,5-6,8-10H,4,7,11,17H2,1H3. The van der Waals surface area contributed by atoms with Gasteiger partial charge in [0.05, 0.1) is 7.11 Å². The average Bonchev–Trinajstić information content (AvgIpc) is 2.77. The van der Waals surface area contributed by atoms with Crippen molar-refractivity contribution in [3.63, 3.8) is 0 Å². The Bertz CT molecular complexity index is 583. The molecule has 1 unspecified atom stereocenters. The van der Waals surface area contributed by atoms with Crippen LogP contribution >= 0.6 is 0 Å². The van der Waals surface area contributed by atoms with E-state index in [2.05, 4.69) is 17.1 Å². The van der Waals surface area contributed by atoms with Gasteiger partial charge in [0.25, 0.3) is 0 Å². The lowest BCUT2D eigenvalue weighted by molar-refractivity contribution is 0.407. The predicted molar refractivity (Wildman–Crippen MR) is 75.1 cm³/mol. The maximum absolute atomic E-state index is 6.65. The zero-order chi connectivity index (χ0) is 13.3. The number of hydrogen-bond donors (Lipinski definition) is 1. The molecule has 0 spiro atoms. The number of nitrogens with zero attached hydrogens (tertiary/aromatic N) is 1. The van der Waals surface area contributed by atoms with Gasteiger partial charge in [-0.2, -0.15) is 0 Å². The Morgan fingerprint density at radius 3 is 2.79 bits per heavy atom. The van der Waals surface area contributed by atoms with Gasteiger partial charge in [0.15, 0.2) is 0 Å². The van der Waals surface area contributed by atoms with Crippen molar-refractivity contribution in [2.45, 2.75) is 24.8 Å². The normalized spacial score (nSPS) is 21.2. The zero-order valence-electron chi connectivity index (χ0n) is 11.1. The fourth-order valence-corrected chi connectivity index (χ4v) is 2.90. The maximum atomic E-state index is 6.65. The molecule has 0 saturated heterocycles. The molecule has 19 heavy (non-hydrogen) atoms. The van der Waals surface area contributed by atoms with Crippen LogP contribution in [0.1, 0.15) is 23.1 Å². The van der Waals surface area contributed by atoms with Crippen LogP contribution in [0.25, 0.3) is 0 Å². The summed E-state index contributed by atoms with van der Waals surface area (Å²) in [5, 5.41) is 0. The Hall–Kier alpha value is -1.87. The second kappa shape index (κ2) is 4.67. The van der Waals surface area contributed by atoms with E-state index in [1.165, 1.54) is 16.7 Å². The van der Waals surface area contributed by atoms with E-state index in [-0.39, 0.29) is 5.54 Å². The summed E-state index contributed by atoms with van der Waals surface area (Å²) in [5.74, 6) is 0.880. The van der Waals surface area contributed by atoms with Crippen molar-refractivity contribution in [2.75, 3.05) is 7.11 Å². The summed E-state index contributed by atoms with van der Waals surface area (Å²) in [6.45, 7) is 0. The van der Waals surface area contributed by atoms with Crippen LogP contribution in [-0.4, -0.2) is 12.1 Å². The summed E-state index contributed by atoms with van der Waals surface area (Å²) in [7, 11) is 1.69. The molecule has 0 fully saturated rings. The van der Waals surface area contributed by atoms with Crippen molar-refractivity contribution in [1.82, 2.24) is 4.98 Å². The molecule has 0 amide bonds. The van der Waals surface area contributed by atoms with Gasteiger partial charge in [-0.05, 0) is 60.2 Å². The highest BCUT2D eigenvalue weighted by Gasteiger charge is 2.35. The number of nitrogens with two attached hydrogens (primary N) is 1. The Morgan fingerprint density at radius 2 is 2.05 bits per heavy atom. The summed E-state index contributed by atoms with van der Waals surface area (Å²) < 4.78 is 5.32. The molecule has 3 rings (SSSR count). The molecular formula is C16H18N2O. The fraction of sp³-hybridized carbons (Fsp3) is 0.312. The minimum atomic E-state index is -0.286. The summed E-state index contributed by atoms with van der Waals surface area (Å²) in [5.41, 5.74) is 10.2. The number of ether oxygens (including phenoxy) is 1. The third-order valence-electron chi connectivity index (χ3n) is 3.96. The molecule has 3 heteroatoms. The van der Waals surface area contributed by atoms with Gasteiger partial charge in [-0.1, -0.05) is 6.07 Å². The lowest BCUT2D eigenvalue weighted by Gasteiger charge is -2.26. The molecule has 1 aromatic heterocycles. The van der Waals surface area contributed by atoms with E-state index in [0.717, 1.165) is 25.0 Å². The first kappa shape index (κ1) is 12.2. The number of fused-ring (bicyclic) bond motifs is 1. The van der Waals surface area contributed by atoms with Crippen LogP contribution < -0.4 is 10.5 Å². The lowest BCUT2D eigenvalue weighted by Crippen LogP contribution is -2.36. The summed E-state index contributed by atoms with van der Waals surface area (Å²) in [6, 6.07) is 10.3. The fourth-order valence-electron chi connectivity index (χ4n) is 2.90. The van der Waals surface area contributed by atoms with Crippen LogP contribution in [-0.2, 0) is 18.4 Å². The molecule has 0 radical (unpaired) electrons. The molecule has 1 aliphatic rings. The van der Waals surface area contributed by atoms with Gasteiger partial charge in [-0.15, -0.1) is 0 Å². The van der Waals surface area contributed by atoms with Crippen LogP contribution in [0.4, 0.5) is 0 Å². The van der Waals surface area contributed by atoms with Gasteiger partial charge in [-0.25, -0.2) is 0 Å². The highest BCUT2D eigenvalue weighted by molar-refractivity contribution is 5.44. The van der Waals surface area contributed by atoms with Gasteiger partial charge in [0.2, 0.25) is 0 Å². The Morgan fingerprint density at radius 1 is 1.26 bits per heavy atom. The monoisotopic (exact) mass is 254 g/mol. The number of hydrogen-bond acceptors (Lipinski definition) is 3. The minimum absolute atomic E-state index is 0.286. The van der Waals surface area contributed by atoms with Gasteiger partial charge < -0.3 is 10.5 Å². The zero-order valence-corrected chi connectivity index (χ0v) is 11.1. The molecule has 0 saturated carbocycles. The number of methoxy groups -OCH3 is 1. The third kappa shape index (κ3) is 2.22. The van der Waals surface area contributed by atoms with Gasteiger partial charge >= 0.3 is 0 Å². The SMILES string of the molecule is COc1ccc2c(c1)C(N)(Cc1ccncc1)CC2. The van der Waals surface area contributed by atoms with Crippen molar-refractivity contribution < 1.29 is 4.74 Å². The van der Waals surface area contributed by atoms with E-state index in [9.17, 15) is 0 Å². The third-order valence-corrected chi connectivity index (χ3v) is 3.96. The van der Waals surface area contributed by atoms with E-state index in [1.807, 2.05) is 30.6 Å². The molecule has 1 aliphatic carbocycles. The second-order valence-electron chi connectivity index (χ2n) is 5.21. The average molecular weight is 254 g/mol. The number of pyridine rings is 1. The molecule has 98 valence electrons. The molecule has 0 bridgehead atoms. The highest BCUT2D eigenvalue weighted by Crippen LogP contribution is 2.39. The van der Waals surface area contributed by atoms with E-state index in [4.69, 9.17) is 10.5 Å². The topological polar surface area (TPSA) is 48.1 Å².